The molecule has 0 unspecified atom stereocenters. The van der Waals surface area contributed by atoms with E-state index in [2.05, 4.69) is 31.1 Å². The van der Waals surface area contributed by atoms with Crippen LogP contribution in [0.5, 0.6) is 0 Å². The molecule has 0 aliphatic carbocycles. The topological polar surface area (TPSA) is 295 Å². The van der Waals surface area contributed by atoms with Crippen LogP contribution in [0.1, 0.15) is 163 Å². The maximum atomic E-state index is 15.3. The number of ether oxygens (including phenoxy) is 1. The summed E-state index contributed by atoms with van der Waals surface area (Å²) in [6.07, 6.45) is 3.80. The van der Waals surface area contributed by atoms with Gasteiger partial charge in [0.15, 0.2) is 0 Å². The summed E-state index contributed by atoms with van der Waals surface area (Å²) in [5.41, 5.74) is 0. The summed E-state index contributed by atoms with van der Waals surface area (Å²) < 4.78 is 5.31. The van der Waals surface area contributed by atoms with Crippen LogP contribution in [0.15, 0.2) is 12.2 Å². The molecule has 2 aliphatic heterocycles. The number of hydrogen-bond donors (Lipinski definition) is 5. The van der Waals surface area contributed by atoms with E-state index in [1.54, 1.807) is 54.7 Å². The van der Waals surface area contributed by atoms with Gasteiger partial charge in [0.1, 0.15) is 66.5 Å². The number of aliphatic hydroxyl groups is 1. The Morgan fingerprint density at radius 3 is 1.44 bits per heavy atom. The molecule has 0 aromatic rings. The van der Waals surface area contributed by atoms with E-state index in [1.807, 2.05) is 61.5 Å². The number of hydrogen-bond acceptors (Lipinski definition) is 15. The summed E-state index contributed by atoms with van der Waals surface area (Å²) in [6, 6.07) is -13.8. The Morgan fingerprint density at radius 1 is 0.485 bits per heavy atom. The summed E-state index contributed by atoms with van der Waals surface area (Å²) in [6.45, 7) is 35.0. The highest BCUT2D eigenvalue weighted by molar-refractivity contribution is 6.00. The predicted molar refractivity (Wildman–Crippen MR) is 377 cm³/mol. The first kappa shape index (κ1) is 86.8. The van der Waals surface area contributed by atoms with Gasteiger partial charge >= 0.3 is 0 Å². The molecule has 0 spiro atoms. The zero-order chi connectivity index (χ0) is 74.4. The highest BCUT2D eigenvalue weighted by atomic mass is 16.5. The van der Waals surface area contributed by atoms with Crippen molar-refractivity contribution in [3.63, 3.8) is 0 Å². The molecule has 0 aromatic carbocycles. The lowest BCUT2D eigenvalue weighted by molar-refractivity contribution is -0.157. The van der Waals surface area contributed by atoms with E-state index >= 15 is 33.6 Å². The summed E-state index contributed by atoms with van der Waals surface area (Å²) in [5, 5.41) is 23.5. The number of likely N-dealkylation sites (N-methyl/N-ethyl adjacent to an activating group) is 7. The van der Waals surface area contributed by atoms with Gasteiger partial charge in [-0.05, 0) is 121 Å². The lowest BCUT2D eigenvalue weighted by Gasteiger charge is -2.41. The van der Waals surface area contributed by atoms with Crippen molar-refractivity contribution in [2.24, 2.45) is 41.4 Å². The van der Waals surface area contributed by atoms with Gasteiger partial charge in [-0.1, -0.05) is 102 Å². The molecule has 97 heavy (non-hydrogen) atoms. The minimum atomic E-state index is -1.63. The molecule has 5 N–H and O–H groups in total. The number of piperazine rings is 1. The van der Waals surface area contributed by atoms with Crippen LogP contribution >= 0.6 is 0 Å². The largest absolute Gasteiger partial charge is 0.390 e. The zero-order valence-corrected chi connectivity index (χ0v) is 63.9. The number of methoxy groups -OCH3 is 1. The third-order valence-electron chi connectivity index (χ3n) is 19.6. The average Bonchev–Trinajstić information content (AvgIpc) is 0.807. The van der Waals surface area contributed by atoms with E-state index in [9.17, 15) is 24.3 Å². The van der Waals surface area contributed by atoms with Crippen LogP contribution in [0.2, 0.25) is 0 Å². The van der Waals surface area contributed by atoms with Crippen molar-refractivity contribution in [3.8, 4) is 0 Å². The molecule has 11 amide bonds. The summed E-state index contributed by atoms with van der Waals surface area (Å²) in [4.78, 5) is 178. The molecular weight excluding hydrogens is 1240 g/mol. The highest BCUT2D eigenvalue weighted by Crippen LogP contribution is 2.27. The molecule has 556 valence electrons. The SMILES string of the molecule is C/C=C/C[C@@H](C)[C@@H](O)[C@H]1C(=O)N[C@@H](CC)C(=O)N(C)[C@H](C)C(=O)N(C)[C@@H]([C@H](C)CCN2CCN(CCOC)CC2)C(=O)N[C@@H](C(C)C)C(=O)N(C)[C@@H](CCC(C)C)C(=O)N[C@@H](C)C(=O)N[C@H](C)C(=O)N(C)[C@@H](CC(C)C)C(=O)N(C)[C@@H](CC(C)C)C(=O)N(C)[C@@H](C(C)C)C(=O)N1C. The number of carbonyl (C=O) groups is 11. The monoisotopic (exact) mass is 1370 g/mol. The maximum Gasteiger partial charge on any atom is 0.246 e. The smallest absolute Gasteiger partial charge is 0.246 e. The molecule has 0 radical (unpaired) electrons. The second-order valence-electron chi connectivity index (χ2n) is 29.6. The Hall–Kier alpha value is -6.25. The molecule has 2 heterocycles. The van der Waals surface area contributed by atoms with E-state index < -0.39 is 161 Å². The molecule has 26 nitrogen and oxygen atoms in total. The quantitative estimate of drug-likeness (QED) is 0.103. The van der Waals surface area contributed by atoms with Gasteiger partial charge < -0.3 is 70.3 Å². The Kier molecular flexibility index (Phi) is 36.5. The molecular formula is C71H129N13O13. The number of allylic oxidation sites excluding steroid dienone is 2. The van der Waals surface area contributed by atoms with Gasteiger partial charge in [0.25, 0.3) is 0 Å². The van der Waals surface area contributed by atoms with Crippen molar-refractivity contribution >= 4 is 65.0 Å². The van der Waals surface area contributed by atoms with E-state index in [-0.39, 0.29) is 43.4 Å². The van der Waals surface area contributed by atoms with E-state index in [1.165, 1.54) is 99.5 Å². The molecule has 2 fully saturated rings. The number of nitrogens with one attached hydrogen (secondary N) is 4. The number of amides is 11. The lowest BCUT2D eigenvalue weighted by atomic mass is 9.91. The standard InChI is InChI=1S/C71H129N13O13/c1-26-28-29-48(14)60(85)59-64(89)74-52(27-2)67(92)76(18)51(17)66(91)81(23)58(47(13)32-33-83-34-36-84(37-35-83)38-39-97-25)63(88)75-56(45(9)10)70(95)77(19)53(31-30-42(3)4)62(87)72-49(15)61(86)73-50(16)65(90)78(20)54(40-43(5)6)68(93)79(21)55(41-44(7)8)69(94)80(22)57(46(11)12)71(96)82(59)24/h26,28,42-60,85H,27,29-41H2,1-25H3,(H,72,87)(H,73,86)(H,74,89)(H,75,88)/b28-26+/t47-,48-,49+,50-,51-,52+,53+,54+,55+,56+,57+,58+,59+,60-/m1/s1. The molecule has 2 saturated heterocycles. The Balaban J connectivity index is 3.04. The van der Waals surface area contributed by atoms with Crippen molar-refractivity contribution in [2.45, 2.75) is 235 Å². The van der Waals surface area contributed by atoms with Crippen LogP contribution in [0.25, 0.3) is 0 Å². The Morgan fingerprint density at radius 2 is 0.959 bits per heavy atom. The molecule has 0 aromatic heterocycles. The van der Waals surface area contributed by atoms with Crippen molar-refractivity contribution < 1.29 is 62.6 Å². The van der Waals surface area contributed by atoms with Crippen molar-refractivity contribution in [2.75, 3.05) is 102 Å². The summed E-state index contributed by atoms with van der Waals surface area (Å²) >= 11 is 0. The van der Waals surface area contributed by atoms with Crippen molar-refractivity contribution in [1.29, 1.82) is 0 Å². The van der Waals surface area contributed by atoms with Crippen molar-refractivity contribution in [3.05, 3.63) is 12.2 Å². The zero-order valence-electron chi connectivity index (χ0n) is 63.9. The fraction of sp³-hybridized carbons (Fsp3) is 0.817. The molecule has 0 saturated carbocycles. The van der Waals surface area contributed by atoms with E-state index in [0.29, 0.717) is 32.4 Å². The third-order valence-corrected chi connectivity index (χ3v) is 19.6. The number of nitrogens with zero attached hydrogens (tertiary/aromatic N) is 9. The molecule has 14 atom stereocenters. The van der Waals surface area contributed by atoms with E-state index in [0.717, 1.165) is 37.6 Å². The number of rotatable bonds is 21. The molecule has 2 aliphatic rings. The van der Waals surface area contributed by atoms with Crippen LogP contribution in [-0.4, -0.2) is 289 Å². The second-order valence-corrected chi connectivity index (χ2v) is 29.6. The fourth-order valence-electron chi connectivity index (χ4n) is 12.9. The van der Waals surface area contributed by atoms with Crippen LogP contribution in [-0.2, 0) is 57.5 Å². The van der Waals surface area contributed by atoms with Crippen LogP contribution in [0, 0.1) is 41.4 Å². The Labute approximate surface area is 581 Å². The second kappa shape index (κ2) is 40.7. The maximum absolute atomic E-state index is 15.3. The molecule has 0 bridgehead atoms. The van der Waals surface area contributed by atoms with Gasteiger partial charge in [-0.2, -0.15) is 0 Å². The minimum Gasteiger partial charge on any atom is -0.390 e. The summed E-state index contributed by atoms with van der Waals surface area (Å²) in [7, 11) is 11.7. The van der Waals surface area contributed by atoms with Gasteiger partial charge in [0.05, 0.1) is 12.7 Å². The Bertz CT molecular complexity index is 2630. The predicted octanol–water partition coefficient (Wildman–Crippen LogP) is 3.29. The van der Waals surface area contributed by atoms with Gasteiger partial charge in [0, 0.05) is 89.2 Å². The average molecular weight is 1370 g/mol. The molecule has 2 rings (SSSR count). The number of aliphatic hydroxyl groups excluding tert-OH is 1. The van der Waals surface area contributed by atoms with Crippen LogP contribution < -0.4 is 21.3 Å². The first-order chi connectivity index (χ1) is 45.1. The van der Waals surface area contributed by atoms with Crippen LogP contribution in [0.3, 0.4) is 0 Å². The lowest BCUT2D eigenvalue weighted by Crippen LogP contribution is -2.64. The van der Waals surface area contributed by atoms with Gasteiger partial charge in [-0.25, -0.2) is 0 Å². The van der Waals surface area contributed by atoms with Crippen LogP contribution in [0.4, 0.5) is 0 Å². The van der Waals surface area contributed by atoms with Crippen molar-refractivity contribution in [1.82, 2.24) is 65.4 Å². The van der Waals surface area contributed by atoms with Gasteiger partial charge in [-0.15, -0.1) is 0 Å². The van der Waals surface area contributed by atoms with Gasteiger partial charge in [0.2, 0.25) is 65.0 Å². The number of carbonyl (C=O) groups excluding carboxylic acids is 11. The minimum absolute atomic E-state index is 0.00635. The molecule has 26 heteroatoms. The first-order valence-corrected chi connectivity index (χ1v) is 35.5. The highest BCUT2D eigenvalue weighted by Gasteiger charge is 2.46. The fourth-order valence-corrected chi connectivity index (χ4v) is 12.9. The van der Waals surface area contributed by atoms with Gasteiger partial charge in [-0.3, -0.25) is 57.6 Å². The normalized spacial score (nSPS) is 27.5. The summed E-state index contributed by atoms with van der Waals surface area (Å²) in [5.74, 6) is -9.94. The third kappa shape index (κ3) is 24.6. The van der Waals surface area contributed by atoms with E-state index in [4.69, 9.17) is 4.74 Å². The first-order valence-electron chi connectivity index (χ1n) is 35.5.